The van der Waals surface area contributed by atoms with Crippen LogP contribution >= 0.6 is 0 Å². The molecule has 0 aliphatic carbocycles. The molecule has 3 rings (SSSR count). The molecule has 2 aromatic carbocycles. The first kappa shape index (κ1) is 19.7. The van der Waals surface area contributed by atoms with Crippen molar-refractivity contribution in [1.82, 2.24) is 0 Å². The highest BCUT2D eigenvalue weighted by molar-refractivity contribution is 6.02. The van der Waals surface area contributed by atoms with Crippen LogP contribution in [0.1, 0.15) is 41.4 Å². The minimum absolute atomic E-state index is 0.0301. The second-order valence-corrected chi connectivity index (χ2v) is 6.50. The van der Waals surface area contributed by atoms with E-state index >= 15 is 0 Å². The molecule has 6 heteroatoms. The molecular formula is C22H20F3NO2. The van der Waals surface area contributed by atoms with E-state index in [0.717, 1.165) is 31.4 Å². The van der Waals surface area contributed by atoms with Crippen LogP contribution in [0.3, 0.4) is 0 Å². The van der Waals surface area contributed by atoms with Crippen molar-refractivity contribution in [3.8, 4) is 11.3 Å². The monoisotopic (exact) mass is 387 g/mol. The lowest BCUT2D eigenvalue weighted by Crippen LogP contribution is -2.10. The van der Waals surface area contributed by atoms with Crippen molar-refractivity contribution in [3.05, 3.63) is 77.6 Å². The number of anilines is 1. The summed E-state index contributed by atoms with van der Waals surface area (Å²) in [5, 5.41) is 2.73. The third kappa shape index (κ3) is 4.82. The van der Waals surface area contributed by atoms with Crippen molar-refractivity contribution < 1.29 is 22.4 Å². The van der Waals surface area contributed by atoms with E-state index in [-0.39, 0.29) is 17.1 Å². The molecule has 0 spiro atoms. The number of benzene rings is 2. The maximum Gasteiger partial charge on any atom is 0.416 e. The number of hydrogen-bond donors (Lipinski definition) is 1. The van der Waals surface area contributed by atoms with Gasteiger partial charge in [-0.3, -0.25) is 4.79 Å². The van der Waals surface area contributed by atoms with Gasteiger partial charge < -0.3 is 9.73 Å². The smallest absolute Gasteiger partial charge is 0.416 e. The zero-order chi connectivity index (χ0) is 20.1. The standard InChI is InChI=1S/C22H20F3NO2/c1-2-3-5-15-8-10-18(11-9-15)26-21(27)20-13-12-19(28-20)16-6-4-7-17(14-16)22(23,24)25/h4,6-14H,2-3,5H2,1H3,(H,26,27). The molecule has 3 nitrogen and oxygen atoms in total. The molecular weight excluding hydrogens is 367 g/mol. The zero-order valence-electron chi connectivity index (χ0n) is 15.3. The number of alkyl halides is 3. The lowest BCUT2D eigenvalue weighted by atomic mass is 10.1. The Balaban J connectivity index is 1.71. The fourth-order valence-electron chi connectivity index (χ4n) is 2.79. The van der Waals surface area contributed by atoms with E-state index in [1.54, 1.807) is 0 Å². The number of amides is 1. The quantitative estimate of drug-likeness (QED) is 0.520. The summed E-state index contributed by atoms with van der Waals surface area (Å²) in [5.74, 6) is -0.229. The van der Waals surface area contributed by atoms with Gasteiger partial charge in [0.25, 0.3) is 5.91 Å². The Morgan fingerprint density at radius 1 is 1.04 bits per heavy atom. The molecule has 0 aliphatic rings. The number of rotatable bonds is 6. The van der Waals surface area contributed by atoms with Crippen LogP contribution in [0.25, 0.3) is 11.3 Å². The third-order valence-electron chi connectivity index (χ3n) is 4.34. The van der Waals surface area contributed by atoms with Crippen molar-refractivity contribution in [3.63, 3.8) is 0 Å². The van der Waals surface area contributed by atoms with Crippen LogP contribution in [-0.4, -0.2) is 5.91 Å². The van der Waals surface area contributed by atoms with E-state index in [0.29, 0.717) is 5.69 Å². The summed E-state index contributed by atoms with van der Waals surface area (Å²) in [5.41, 5.74) is 1.32. The van der Waals surface area contributed by atoms with Crippen molar-refractivity contribution in [2.75, 3.05) is 5.32 Å². The fourth-order valence-corrected chi connectivity index (χ4v) is 2.79. The summed E-state index contributed by atoms with van der Waals surface area (Å²) < 4.78 is 44.1. The maximum absolute atomic E-state index is 12.9. The molecule has 3 aromatic rings. The highest BCUT2D eigenvalue weighted by Crippen LogP contribution is 2.32. The van der Waals surface area contributed by atoms with Gasteiger partial charge in [-0.1, -0.05) is 37.6 Å². The second-order valence-electron chi connectivity index (χ2n) is 6.50. The number of nitrogens with one attached hydrogen (secondary N) is 1. The van der Waals surface area contributed by atoms with Gasteiger partial charge in [0.1, 0.15) is 5.76 Å². The average Bonchev–Trinajstić information content (AvgIpc) is 3.17. The molecule has 28 heavy (non-hydrogen) atoms. The molecule has 1 amide bonds. The Kier molecular flexibility index (Phi) is 5.87. The minimum atomic E-state index is -4.44. The number of aryl methyl sites for hydroxylation is 1. The first-order valence-corrected chi connectivity index (χ1v) is 9.04. The van der Waals surface area contributed by atoms with Gasteiger partial charge in [-0.2, -0.15) is 13.2 Å². The molecule has 0 unspecified atom stereocenters. The van der Waals surface area contributed by atoms with Gasteiger partial charge in [0, 0.05) is 11.3 Å². The summed E-state index contributed by atoms with van der Waals surface area (Å²) in [6.45, 7) is 2.13. The highest BCUT2D eigenvalue weighted by Gasteiger charge is 2.30. The van der Waals surface area contributed by atoms with Crippen LogP contribution in [0, 0.1) is 0 Å². The van der Waals surface area contributed by atoms with Gasteiger partial charge in [0.2, 0.25) is 0 Å². The lowest BCUT2D eigenvalue weighted by molar-refractivity contribution is -0.137. The van der Waals surface area contributed by atoms with Gasteiger partial charge in [0.05, 0.1) is 5.56 Å². The van der Waals surface area contributed by atoms with Crippen molar-refractivity contribution in [2.24, 2.45) is 0 Å². The van der Waals surface area contributed by atoms with Crippen LogP contribution in [0.2, 0.25) is 0 Å². The molecule has 0 bridgehead atoms. The number of hydrogen-bond acceptors (Lipinski definition) is 2. The van der Waals surface area contributed by atoms with Gasteiger partial charge in [-0.05, 0) is 54.8 Å². The predicted molar refractivity (Wildman–Crippen MR) is 102 cm³/mol. The number of furan rings is 1. The number of unbranched alkanes of at least 4 members (excludes halogenated alkanes) is 1. The summed E-state index contributed by atoms with van der Waals surface area (Å²) in [6, 6.07) is 15.3. The number of carbonyl (C=O) groups is 1. The van der Waals surface area contributed by atoms with Gasteiger partial charge in [-0.25, -0.2) is 0 Å². The van der Waals surface area contributed by atoms with E-state index in [1.807, 2.05) is 24.3 Å². The molecule has 1 N–H and O–H groups in total. The van der Waals surface area contributed by atoms with E-state index in [9.17, 15) is 18.0 Å². The largest absolute Gasteiger partial charge is 0.451 e. The first-order chi connectivity index (χ1) is 13.4. The Hall–Kier alpha value is -3.02. The van der Waals surface area contributed by atoms with Gasteiger partial charge in [-0.15, -0.1) is 0 Å². The Morgan fingerprint density at radius 2 is 1.79 bits per heavy atom. The minimum Gasteiger partial charge on any atom is -0.451 e. The molecule has 0 fully saturated rings. The molecule has 1 aromatic heterocycles. The normalized spacial score (nSPS) is 11.4. The zero-order valence-corrected chi connectivity index (χ0v) is 15.3. The van der Waals surface area contributed by atoms with Crippen molar-refractivity contribution >= 4 is 11.6 Å². The Labute approximate surface area is 161 Å². The van der Waals surface area contributed by atoms with Gasteiger partial charge in [0.15, 0.2) is 5.76 Å². The van der Waals surface area contributed by atoms with E-state index in [2.05, 4.69) is 12.2 Å². The summed E-state index contributed by atoms with van der Waals surface area (Å²) in [6.07, 6.45) is -1.23. The second kappa shape index (κ2) is 8.33. The van der Waals surface area contributed by atoms with Crippen LogP contribution in [0.5, 0.6) is 0 Å². The first-order valence-electron chi connectivity index (χ1n) is 9.04. The molecule has 0 saturated carbocycles. The molecule has 146 valence electrons. The highest BCUT2D eigenvalue weighted by atomic mass is 19.4. The lowest BCUT2D eigenvalue weighted by Gasteiger charge is -2.07. The molecule has 0 atom stereocenters. The van der Waals surface area contributed by atoms with Gasteiger partial charge >= 0.3 is 6.18 Å². The molecule has 0 saturated heterocycles. The van der Waals surface area contributed by atoms with Crippen molar-refractivity contribution in [1.29, 1.82) is 0 Å². The fraction of sp³-hybridized carbons (Fsp3) is 0.227. The maximum atomic E-state index is 12.9. The Bertz CT molecular complexity index is 943. The number of carbonyl (C=O) groups excluding carboxylic acids is 1. The molecule has 1 heterocycles. The summed E-state index contributed by atoms with van der Waals surface area (Å²) in [7, 11) is 0. The Morgan fingerprint density at radius 3 is 2.46 bits per heavy atom. The van der Waals surface area contributed by atoms with Crippen LogP contribution in [0.15, 0.2) is 65.1 Å². The summed E-state index contributed by atoms with van der Waals surface area (Å²) >= 11 is 0. The third-order valence-corrected chi connectivity index (χ3v) is 4.34. The van der Waals surface area contributed by atoms with Crippen LogP contribution in [-0.2, 0) is 12.6 Å². The van der Waals surface area contributed by atoms with Crippen LogP contribution in [0.4, 0.5) is 18.9 Å². The van der Waals surface area contributed by atoms with E-state index in [1.165, 1.54) is 29.8 Å². The topological polar surface area (TPSA) is 42.2 Å². The van der Waals surface area contributed by atoms with E-state index in [4.69, 9.17) is 4.42 Å². The van der Waals surface area contributed by atoms with Crippen LogP contribution < -0.4 is 5.32 Å². The molecule has 0 aliphatic heterocycles. The predicted octanol–water partition coefficient (Wildman–Crippen LogP) is 6.56. The number of halogens is 3. The summed E-state index contributed by atoms with van der Waals surface area (Å²) in [4.78, 5) is 12.4. The average molecular weight is 387 g/mol. The SMILES string of the molecule is CCCCc1ccc(NC(=O)c2ccc(-c3cccc(C(F)(F)F)c3)o2)cc1. The molecule has 0 radical (unpaired) electrons. The van der Waals surface area contributed by atoms with E-state index < -0.39 is 17.6 Å². The van der Waals surface area contributed by atoms with Crippen molar-refractivity contribution in [2.45, 2.75) is 32.4 Å².